The number of likely N-dealkylation sites (tertiary alicyclic amines) is 1. The lowest BCUT2D eigenvalue weighted by molar-refractivity contribution is 0.0492. The summed E-state index contributed by atoms with van der Waals surface area (Å²) in [6.07, 6.45) is 6.74. The topological polar surface area (TPSA) is 94.6 Å². The molecule has 1 aliphatic heterocycles. The number of hydrogen-bond acceptors (Lipinski definition) is 6. The zero-order chi connectivity index (χ0) is 15.6. The van der Waals surface area contributed by atoms with Crippen molar-refractivity contribution in [3.05, 3.63) is 54.4 Å². The van der Waals surface area contributed by atoms with Crippen molar-refractivity contribution < 1.29 is 4.79 Å². The van der Waals surface area contributed by atoms with Crippen LogP contribution in [-0.4, -0.2) is 58.9 Å². The van der Waals surface area contributed by atoms with Gasteiger partial charge in [-0.05, 0) is 12.1 Å². The van der Waals surface area contributed by atoms with Crippen molar-refractivity contribution in [3.8, 4) is 0 Å². The molecule has 0 aliphatic carbocycles. The van der Waals surface area contributed by atoms with Crippen LogP contribution in [0.2, 0.25) is 0 Å². The van der Waals surface area contributed by atoms with Crippen molar-refractivity contribution in [3.63, 3.8) is 0 Å². The van der Waals surface area contributed by atoms with Gasteiger partial charge in [-0.1, -0.05) is 11.3 Å². The van der Waals surface area contributed by atoms with E-state index in [2.05, 4.69) is 25.5 Å². The first-order valence-electron chi connectivity index (χ1n) is 7.25. The SMILES string of the molecule is O=C(c1ccccn1)N1CC(n2cc(Cn3nccn3)nn2)C1. The molecule has 4 rings (SSSR count). The van der Waals surface area contributed by atoms with E-state index >= 15 is 0 Å². The third-order valence-electron chi connectivity index (χ3n) is 3.74. The Hall–Kier alpha value is -3.10. The molecule has 23 heavy (non-hydrogen) atoms. The third kappa shape index (κ3) is 2.68. The minimum atomic E-state index is -0.0528. The van der Waals surface area contributed by atoms with Gasteiger partial charge < -0.3 is 4.90 Å². The standard InChI is InChI=1S/C14H14N8O/c23-14(13-3-1-2-4-15-13)20-9-12(10-20)21-7-11(18-19-21)8-22-16-5-6-17-22/h1-7,12H,8-10H2. The number of hydrogen-bond donors (Lipinski definition) is 0. The summed E-state index contributed by atoms with van der Waals surface area (Å²) in [5.41, 5.74) is 1.26. The molecule has 0 unspecified atom stereocenters. The lowest BCUT2D eigenvalue weighted by Crippen LogP contribution is -2.51. The largest absolute Gasteiger partial charge is 0.333 e. The first-order valence-corrected chi connectivity index (χ1v) is 7.25. The molecule has 1 aliphatic rings. The van der Waals surface area contributed by atoms with E-state index in [-0.39, 0.29) is 11.9 Å². The van der Waals surface area contributed by atoms with Gasteiger partial charge in [-0.25, -0.2) is 4.68 Å². The maximum Gasteiger partial charge on any atom is 0.272 e. The number of aromatic nitrogens is 7. The average Bonchev–Trinajstić information content (AvgIpc) is 3.19. The number of amides is 1. The Labute approximate surface area is 131 Å². The van der Waals surface area contributed by atoms with E-state index < -0.39 is 0 Å². The molecule has 0 radical (unpaired) electrons. The minimum Gasteiger partial charge on any atom is -0.333 e. The zero-order valence-corrected chi connectivity index (χ0v) is 12.2. The molecule has 0 atom stereocenters. The second kappa shape index (κ2) is 5.59. The van der Waals surface area contributed by atoms with Crippen LogP contribution in [0.3, 0.4) is 0 Å². The Kier molecular flexibility index (Phi) is 3.30. The first-order chi connectivity index (χ1) is 11.3. The van der Waals surface area contributed by atoms with Crippen molar-refractivity contribution in [1.82, 2.24) is 39.9 Å². The molecule has 0 N–H and O–H groups in total. The minimum absolute atomic E-state index is 0.0528. The average molecular weight is 310 g/mol. The molecular formula is C14H14N8O. The highest BCUT2D eigenvalue weighted by Crippen LogP contribution is 2.22. The van der Waals surface area contributed by atoms with Gasteiger partial charge in [0, 0.05) is 19.3 Å². The van der Waals surface area contributed by atoms with Gasteiger partial charge in [0.1, 0.15) is 17.9 Å². The van der Waals surface area contributed by atoms with Crippen LogP contribution in [0, 0.1) is 0 Å². The van der Waals surface area contributed by atoms with Crippen LogP contribution in [0.1, 0.15) is 22.2 Å². The summed E-state index contributed by atoms with van der Waals surface area (Å²) in [6, 6.07) is 5.47. The molecule has 0 spiro atoms. The molecule has 9 nitrogen and oxygen atoms in total. The molecule has 0 aromatic carbocycles. The Bertz CT molecular complexity index is 791. The second-order valence-electron chi connectivity index (χ2n) is 5.33. The Balaban J connectivity index is 1.37. The molecule has 3 aromatic rings. The van der Waals surface area contributed by atoms with Crippen LogP contribution in [0.4, 0.5) is 0 Å². The maximum atomic E-state index is 12.2. The van der Waals surface area contributed by atoms with Crippen molar-refractivity contribution in [1.29, 1.82) is 0 Å². The summed E-state index contributed by atoms with van der Waals surface area (Å²) in [6.45, 7) is 1.70. The van der Waals surface area contributed by atoms with Crippen molar-refractivity contribution in [2.45, 2.75) is 12.6 Å². The van der Waals surface area contributed by atoms with Crippen LogP contribution in [0.15, 0.2) is 43.0 Å². The van der Waals surface area contributed by atoms with Crippen LogP contribution in [0.25, 0.3) is 0 Å². The molecule has 9 heteroatoms. The third-order valence-corrected chi connectivity index (χ3v) is 3.74. The Morgan fingerprint density at radius 1 is 1.17 bits per heavy atom. The lowest BCUT2D eigenvalue weighted by atomic mass is 10.1. The van der Waals surface area contributed by atoms with E-state index in [9.17, 15) is 4.79 Å². The molecule has 1 fully saturated rings. The van der Waals surface area contributed by atoms with Gasteiger partial charge in [-0.3, -0.25) is 9.78 Å². The van der Waals surface area contributed by atoms with Crippen LogP contribution >= 0.6 is 0 Å². The molecule has 1 saturated heterocycles. The van der Waals surface area contributed by atoms with Crippen molar-refractivity contribution in [2.24, 2.45) is 0 Å². The van der Waals surface area contributed by atoms with Gasteiger partial charge in [-0.2, -0.15) is 15.0 Å². The van der Waals surface area contributed by atoms with Gasteiger partial charge in [0.25, 0.3) is 5.91 Å². The fourth-order valence-electron chi connectivity index (χ4n) is 2.47. The number of rotatable bonds is 4. The fraction of sp³-hybridized carbons (Fsp3) is 0.286. The normalized spacial score (nSPS) is 14.7. The monoisotopic (exact) mass is 310 g/mol. The molecule has 0 bridgehead atoms. The van der Waals surface area contributed by atoms with Gasteiger partial charge in [0.15, 0.2) is 0 Å². The molecule has 0 saturated carbocycles. The predicted molar refractivity (Wildman–Crippen MR) is 78.3 cm³/mol. The summed E-state index contributed by atoms with van der Waals surface area (Å²) in [4.78, 5) is 19.6. The Morgan fingerprint density at radius 2 is 2.00 bits per heavy atom. The summed E-state index contributed by atoms with van der Waals surface area (Å²) < 4.78 is 1.79. The number of carbonyl (C=O) groups is 1. The smallest absolute Gasteiger partial charge is 0.272 e. The summed E-state index contributed by atoms with van der Waals surface area (Å²) in [5.74, 6) is -0.0528. The van der Waals surface area contributed by atoms with Gasteiger partial charge >= 0.3 is 0 Å². The molecule has 116 valence electrons. The number of pyridine rings is 1. The van der Waals surface area contributed by atoms with Crippen molar-refractivity contribution >= 4 is 5.91 Å². The Morgan fingerprint density at radius 3 is 2.74 bits per heavy atom. The van der Waals surface area contributed by atoms with Crippen molar-refractivity contribution in [2.75, 3.05) is 13.1 Å². The van der Waals surface area contributed by atoms with E-state index in [0.717, 1.165) is 5.69 Å². The maximum absolute atomic E-state index is 12.2. The number of carbonyl (C=O) groups excluding carboxylic acids is 1. The van der Waals surface area contributed by atoms with Crippen LogP contribution in [0.5, 0.6) is 0 Å². The summed E-state index contributed by atoms with van der Waals surface area (Å²) in [5, 5.41) is 16.3. The lowest BCUT2D eigenvalue weighted by Gasteiger charge is -2.38. The predicted octanol–water partition coefficient (Wildman–Crippen LogP) is 0.01000. The highest BCUT2D eigenvalue weighted by Gasteiger charge is 2.33. The van der Waals surface area contributed by atoms with E-state index in [1.54, 1.807) is 45.1 Å². The summed E-state index contributed by atoms with van der Waals surface area (Å²) >= 11 is 0. The zero-order valence-electron chi connectivity index (χ0n) is 12.2. The van der Waals surface area contributed by atoms with Gasteiger partial charge in [-0.15, -0.1) is 5.10 Å². The highest BCUT2D eigenvalue weighted by molar-refractivity contribution is 5.92. The summed E-state index contributed by atoms with van der Waals surface area (Å²) in [7, 11) is 0. The van der Waals surface area contributed by atoms with E-state index in [1.807, 2.05) is 12.3 Å². The highest BCUT2D eigenvalue weighted by atomic mass is 16.2. The van der Waals surface area contributed by atoms with E-state index in [1.165, 1.54) is 0 Å². The van der Waals surface area contributed by atoms with Crippen LogP contribution in [-0.2, 0) is 6.54 Å². The fourth-order valence-corrected chi connectivity index (χ4v) is 2.47. The molecular weight excluding hydrogens is 296 g/mol. The molecule has 4 heterocycles. The molecule has 1 amide bonds. The van der Waals surface area contributed by atoms with Gasteiger partial charge in [0.2, 0.25) is 0 Å². The molecule has 3 aromatic heterocycles. The van der Waals surface area contributed by atoms with Crippen LogP contribution < -0.4 is 0 Å². The quantitative estimate of drug-likeness (QED) is 0.674. The number of nitrogens with zero attached hydrogens (tertiary/aromatic N) is 8. The second-order valence-corrected chi connectivity index (χ2v) is 5.33. The van der Waals surface area contributed by atoms with Gasteiger partial charge in [0.05, 0.1) is 24.6 Å². The first kappa shape index (κ1) is 13.6. The van der Waals surface area contributed by atoms with E-state index in [4.69, 9.17) is 0 Å². The van der Waals surface area contributed by atoms with E-state index in [0.29, 0.717) is 25.3 Å².